The van der Waals surface area contributed by atoms with Crippen molar-refractivity contribution in [3.8, 4) is 0 Å². The molecule has 0 amide bonds. The first kappa shape index (κ1) is 9.37. The number of aromatic nitrogens is 1. The van der Waals surface area contributed by atoms with E-state index in [1.165, 1.54) is 31.8 Å². The third-order valence-electron chi connectivity index (χ3n) is 3.35. The van der Waals surface area contributed by atoms with Gasteiger partial charge in [0.05, 0.1) is 5.52 Å². The van der Waals surface area contributed by atoms with Crippen LogP contribution in [0.15, 0.2) is 58.5 Å². The van der Waals surface area contributed by atoms with Gasteiger partial charge in [0.25, 0.3) is 0 Å². The van der Waals surface area contributed by atoms with Crippen LogP contribution in [-0.2, 0) is 6.42 Å². The van der Waals surface area contributed by atoms with Crippen LogP contribution in [0.3, 0.4) is 0 Å². The highest BCUT2D eigenvalue weighted by molar-refractivity contribution is 7.99. The van der Waals surface area contributed by atoms with Crippen molar-refractivity contribution in [1.82, 2.24) is 4.98 Å². The van der Waals surface area contributed by atoms with Gasteiger partial charge in [-0.1, -0.05) is 36.0 Å². The smallest absolute Gasteiger partial charge is 0.0501 e. The molecule has 1 nitrogen and oxygen atoms in total. The Morgan fingerprint density at radius 2 is 1.88 bits per heavy atom. The fraction of sp³-hybridized carbons (Fsp3) is 0.0667. The van der Waals surface area contributed by atoms with E-state index in [9.17, 15) is 0 Å². The summed E-state index contributed by atoms with van der Waals surface area (Å²) >= 11 is 1.88. The molecule has 1 N–H and O–H groups in total. The van der Waals surface area contributed by atoms with Gasteiger partial charge in [0.2, 0.25) is 0 Å². The van der Waals surface area contributed by atoms with Crippen LogP contribution < -0.4 is 0 Å². The van der Waals surface area contributed by atoms with Gasteiger partial charge in [0.15, 0.2) is 0 Å². The Morgan fingerprint density at radius 3 is 2.88 bits per heavy atom. The zero-order valence-electron chi connectivity index (χ0n) is 9.23. The zero-order chi connectivity index (χ0) is 11.2. The van der Waals surface area contributed by atoms with E-state index < -0.39 is 0 Å². The number of hydrogen-bond acceptors (Lipinski definition) is 1. The van der Waals surface area contributed by atoms with Crippen LogP contribution in [0.25, 0.3) is 10.9 Å². The lowest BCUT2D eigenvalue weighted by Gasteiger charge is -2.19. The van der Waals surface area contributed by atoms with E-state index in [0.29, 0.717) is 0 Å². The molecule has 17 heavy (non-hydrogen) atoms. The summed E-state index contributed by atoms with van der Waals surface area (Å²) in [6.07, 6.45) is 3.06. The second-order valence-electron chi connectivity index (χ2n) is 4.37. The summed E-state index contributed by atoms with van der Waals surface area (Å²) in [5, 5.41) is 1.31. The molecule has 2 heteroatoms. The Hall–Kier alpha value is -1.67. The van der Waals surface area contributed by atoms with Crippen molar-refractivity contribution in [2.45, 2.75) is 16.2 Å². The van der Waals surface area contributed by atoms with Crippen LogP contribution >= 0.6 is 11.8 Å². The van der Waals surface area contributed by atoms with Gasteiger partial charge in [-0.3, -0.25) is 0 Å². The highest BCUT2D eigenvalue weighted by atomic mass is 32.2. The molecule has 0 saturated carbocycles. The van der Waals surface area contributed by atoms with E-state index in [2.05, 4.69) is 47.4 Å². The molecule has 2 heterocycles. The van der Waals surface area contributed by atoms with Crippen LogP contribution in [0.5, 0.6) is 0 Å². The number of hydrogen-bond donors (Lipinski definition) is 1. The normalized spacial score (nSPS) is 13.4. The maximum absolute atomic E-state index is 3.37. The zero-order valence-corrected chi connectivity index (χ0v) is 10.1. The van der Waals surface area contributed by atoms with E-state index in [1.807, 2.05) is 18.0 Å². The average molecular weight is 237 g/mol. The van der Waals surface area contributed by atoms with Crippen molar-refractivity contribution in [2.75, 3.05) is 0 Å². The van der Waals surface area contributed by atoms with Gasteiger partial charge in [0, 0.05) is 22.4 Å². The first-order valence-electron chi connectivity index (χ1n) is 5.76. The molecular weight excluding hydrogens is 226 g/mol. The van der Waals surface area contributed by atoms with Gasteiger partial charge >= 0.3 is 0 Å². The molecule has 4 rings (SSSR count). The summed E-state index contributed by atoms with van der Waals surface area (Å²) < 4.78 is 0. The molecule has 1 aliphatic heterocycles. The summed E-state index contributed by atoms with van der Waals surface area (Å²) in [6, 6.07) is 15.3. The lowest BCUT2D eigenvalue weighted by molar-refractivity contribution is 1.07. The second-order valence-corrected chi connectivity index (χ2v) is 5.45. The molecule has 0 atom stereocenters. The van der Waals surface area contributed by atoms with Gasteiger partial charge in [-0.15, -0.1) is 0 Å². The van der Waals surface area contributed by atoms with E-state index in [0.717, 1.165) is 6.42 Å². The highest BCUT2D eigenvalue weighted by Crippen LogP contribution is 2.41. The quantitative estimate of drug-likeness (QED) is 0.484. The van der Waals surface area contributed by atoms with E-state index in [1.54, 1.807) is 0 Å². The Balaban J connectivity index is 1.98. The third kappa shape index (κ3) is 1.34. The maximum Gasteiger partial charge on any atom is 0.0501 e. The Labute approximate surface area is 104 Å². The predicted octanol–water partition coefficient (Wildman–Crippen LogP) is 4.22. The number of fused-ring (bicyclic) bond motifs is 4. The minimum absolute atomic E-state index is 1.04. The molecular formula is C15H11NS. The highest BCUT2D eigenvalue weighted by Gasteiger charge is 2.17. The average Bonchev–Trinajstić information content (AvgIpc) is 2.85. The van der Waals surface area contributed by atoms with Crippen molar-refractivity contribution in [2.24, 2.45) is 0 Å². The first-order chi connectivity index (χ1) is 8.42. The lowest BCUT2D eigenvalue weighted by Crippen LogP contribution is -2.00. The van der Waals surface area contributed by atoms with Gasteiger partial charge < -0.3 is 4.98 Å². The van der Waals surface area contributed by atoms with Crippen LogP contribution in [0.2, 0.25) is 0 Å². The molecule has 0 radical (unpaired) electrons. The van der Waals surface area contributed by atoms with Crippen LogP contribution in [0.4, 0.5) is 0 Å². The molecule has 0 aliphatic carbocycles. The molecule has 82 valence electrons. The molecule has 1 aliphatic rings. The van der Waals surface area contributed by atoms with E-state index in [4.69, 9.17) is 0 Å². The van der Waals surface area contributed by atoms with E-state index in [-0.39, 0.29) is 0 Å². The number of H-pyrrole nitrogens is 1. The predicted molar refractivity (Wildman–Crippen MR) is 71.7 cm³/mol. The van der Waals surface area contributed by atoms with Gasteiger partial charge in [-0.2, -0.15) is 0 Å². The van der Waals surface area contributed by atoms with Gasteiger partial charge in [0.1, 0.15) is 0 Å². The molecule has 1 aromatic heterocycles. The molecule has 0 unspecified atom stereocenters. The van der Waals surface area contributed by atoms with Gasteiger partial charge in [-0.25, -0.2) is 0 Å². The minimum atomic E-state index is 1.04. The maximum atomic E-state index is 3.37. The van der Waals surface area contributed by atoms with Crippen LogP contribution in [-0.4, -0.2) is 4.98 Å². The molecule has 2 aromatic carbocycles. The lowest BCUT2D eigenvalue weighted by atomic mass is 10.0. The fourth-order valence-corrected chi connectivity index (χ4v) is 3.59. The number of benzene rings is 2. The topological polar surface area (TPSA) is 15.8 Å². The first-order valence-corrected chi connectivity index (χ1v) is 6.58. The van der Waals surface area contributed by atoms with Crippen molar-refractivity contribution >= 4 is 22.7 Å². The molecule has 0 spiro atoms. The summed E-state index contributed by atoms with van der Waals surface area (Å²) in [4.78, 5) is 6.15. The fourth-order valence-electron chi connectivity index (χ4n) is 2.50. The molecule has 3 aromatic rings. The SMILES string of the molecule is c1ccc2c(c1)Cc1c(ccc3cc[nH]c13)S2. The Morgan fingerprint density at radius 1 is 0.941 bits per heavy atom. The molecule has 0 fully saturated rings. The monoisotopic (exact) mass is 237 g/mol. The summed E-state index contributed by atoms with van der Waals surface area (Å²) in [5.41, 5.74) is 4.17. The Bertz CT molecular complexity index is 712. The Kier molecular flexibility index (Phi) is 1.88. The largest absolute Gasteiger partial charge is 0.361 e. The van der Waals surface area contributed by atoms with Crippen molar-refractivity contribution < 1.29 is 0 Å². The molecule has 0 saturated heterocycles. The van der Waals surface area contributed by atoms with Crippen LogP contribution in [0.1, 0.15) is 11.1 Å². The van der Waals surface area contributed by atoms with E-state index >= 15 is 0 Å². The summed E-state index contributed by atoms with van der Waals surface area (Å²) in [5.74, 6) is 0. The summed E-state index contributed by atoms with van der Waals surface area (Å²) in [6.45, 7) is 0. The van der Waals surface area contributed by atoms with Gasteiger partial charge in [-0.05, 0) is 34.7 Å². The van der Waals surface area contributed by atoms with Crippen molar-refractivity contribution in [3.05, 3.63) is 59.8 Å². The molecule has 0 bridgehead atoms. The standard InChI is InChI=1S/C15H11NS/c1-2-4-13-11(3-1)9-12-14(17-13)6-5-10-7-8-16-15(10)12/h1-8,16H,9H2. The van der Waals surface area contributed by atoms with Crippen LogP contribution in [0, 0.1) is 0 Å². The number of aromatic amines is 1. The van der Waals surface area contributed by atoms with Crippen molar-refractivity contribution in [3.63, 3.8) is 0 Å². The summed E-state index contributed by atoms with van der Waals surface area (Å²) in [7, 11) is 0. The number of rotatable bonds is 0. The third-order valence-corrected chi connectivity index (χ3v) is 4.57. The van der Waals surface area contributed by atoms with Crippen molar-refractivity contribution in [1.29, 1.82) is 0 Å². The number of nitrogens with one attached hydrogen (secondary N) is 1. The second kappa shape index (κ2) is 3.41. The minimum Gasteiger partial charge on any atom is -0.361 e.